The van der Waals surface area contributed by atoms with Crippen molar-refractivity contribution in [1.82, 2.24) is 4.90 Å². The summed E-state index contributed by atoms with van der Waals surface area (Å²) in [4.78, 5) is 29.9. The number of halogens is 1. The van der Waals surface area contributed by atoms with Crippen molar-refractivity contribution in [1.29, 1.82) is 0 Å². The van der Waals surface area contributed by atoms with E-state index in [0.717, 1.165) is 12.8 Å². The highest BCUT2D eigenvalue weighted by Gasteiger charge is 2.36. The van der Waals surface area contributed by atoms with Gasteiger partial charge in [0.25, 0.3) is 11.8 Å². The van der Waals surface area contributed by atoms with Gasteiger partial charge in [-0.15, -0.1) is 0 Å². The highest BCUT2D eigenvalue weighted by molar-refractivity contribution is 7.91. The van der Waals surface area contributed by atoms with Crippen molar-refractivity contribution in [3.8, 4) is 0 Å². The van der Waals surface area contributed by atoms with Gasteiger partial charge in [0.15, 0.2) is 0 Å². The molecule has 0 radical (unpaired) electrons. The molecule has 3 aromatic carbocycles. The summed E-state index contributed by atoms with van der Waals surface area (Å²) in [7, 11) is -4.03. The zero-order valence-corrected chi connectivity index (χ0v) is 20.5. The minimum absolute atomic E-state index is 0.0151. The Morgan fingerprint density at radius 2 is 1.57 bits per heavy atom. The molecule has 0 atom stereocenters. The molecule has 0 saturated heterocycles. The van der Waals surface area contributed by atoms with E-state index in [0.29, 0.717) is 24.2 Å². The molecule has 1 aliphatic heterocycles. The van der Waals surface area contributed by atoms with Gasteiger partial charge in [-0.25, -0.2) is 12.8 Å². The number of sulfone groups is 1. The van der Waals surface area contributed by atoms with Crippen LogP contribution in [0.15, 0.2) is 76.5 Å². The van der Waals surface area contributed by atoms with Crippen LogP contribution in [0.3, 0.4) is 0 Å². The lowest BCUT2D eigenvalue weighted by molar-refractivity contribution is 0.0755. The second kappa shape index (κ2) is 10.00. The number of carbonyl (C=O) groups excluding carboxylic acids is 2. The van der Waals surface area contributed by atoms with Gasteiger partial charge in [0, 0.05) is 18.7 Å². The molecule has 0 N–H and O–H groups in total. The molecule has 2 amide bonds. The SMILES string of the molecule is CCCN(CCC)C(=O)c1ccc2c(c1)N(Cc1ccc(F)cc1)C(=O)c1ccccc1S2(=O)=O. The summed E-state index contributed by atoms with van der Waals surface area (Å²) in [6.07, 6.45) is 1.57. The van der Waals surface area contributed by atoms with E-state index in [1.54, 1.807) is 29.2 Å². The monoisotopic (exact) mass is 494 g/mol. The standard InChI is InChI=1S/C27H27FN2O4S/c1-3-15-29(16-4-2)26(31)20-11-14-25-23(17-20)30(18-19-9-12-21(28)13-10-19)27(32)22-7-5-6-8-24(22)35(25,33)34/h5-14,17H,3-4,15-16,18H2,1-2H3. The number of hydrogen-bond acceptors (Lipinski definition) is 4. The molecule has 0 aromatic heterocycles. The van der Waals surface area contributed by atoms with Gasteiger partial charge in [-0.1, -0.05) is 38.1 Å². The number of nitrogens with zero attached hydrogens (tertiary/aromatic N) is 2. The first-order valence-corrected chi connectivity index (χ1v) is 13.1. The normalized spacial score (nSPS) is 14.1. The van der Waals surface area contributed by atoms with Gasteiger partial charge in [-0.05, 0) is 60.9 Å². The third-order valence-corrected chi connectivity index (χ3v) is 7.83. The molecular formula is C27H27FN2O4S. The molecule has 182 valence electrons. The maximum absolute atomic E-state index is 13.7. The fourth-order valence-electron chi connectivity index (χ4n) is 4.31. The van der Waals surface area contributed by atoms with Gasteiger partial charge in [-0.3, -0.25) is 9.59 Å². The Hall–Kier alpha value is -3.52. The molecule has 1 heterocycles. The molecule has 0 bridgehead atoms. The maximum atomic E-state index is 13.7. The Labute approximate surface area is 204 Å². The van der Waals surface area contributed by atoms with E-state index in [1.165, 1.54) is 47.4 Å². The molecule has 3 aromatic rings. The average Bonchev–Trinajstić information content (AvgIpc) is 2.93. The highest BCUT2D eigenvalue weighted by atomic mass is 32.2. The van der Waals surface area contributed by atoms with E-state index in [4.69, 9.17) is 0 Å². The summed E-state index contributed by atoms with van der Waals surface area (Å²) in [6.45, 7) is 5.14. The molecule has 0 aliphatic carbocycles. The smallest absolute Gasteiger partial charge is 0.259 e. The Kier molecular flexibility index (Phi) is 7.03. The maximum Gasteiger partial charge on any atom is 0.259 e. The van der Waals surface area contributed by atoms with Crippen LogP contribution in [-0.4, -0.2) is 38.2 Å². The van der Waals surface area contributed by atoms with Crippen LogP contribution >= 0.6 is 0 Å². The summed E-state index contributed by atoms with van der Waals surface area (Å²) in [5, 5.41) is 0. The van der Waals surface area contributed by atoms with Crippen LogP contribution in [-0.2, 0) is 16.4 Å². The number of amides is 2. The molecule has 4 rings (SSSR count). The highest BCUT2D eigenvalue weighted by Crippen LogP contribution is 2.38. The first kappa shape index (κ1) is 24.6. The topological polar surface area (TPSA) is 74.8 Å². The zero-order valence-electron chi connectivity index (χ0n) is 19.7. The van der Waals surface area contributed by atoms with E-state index in [2.05, 4.69) is 0 Å². The van der Waals surface area contributed by atoms with Crippen molar-refractivity contribution in [3.63, 3.8) is 0 Å². The minimum Gasteiger partial charge on any atom is -0.339 e. The van der Waals surface area contributed by atoms with Gasteiger partial charge in [0.2, 0.25) is 9.84 Å². The Bertz CT molecular complexity index is 1360. The van der Waals surface area contributed by atoms with E-state index in [-0.39, 0.29) is 33.5 Å². The lowest BCUT2D eigenvalue weighted by Gasteiger charge is -2.25. The first-order chi connectivity index (χ1) is 16.8. The number of benzene rings is 3. The van der Waals surface area contributed by atoms with Crippen LogP contribution in [0, 0.1) is 5.82 Å². The third-order valence-electron chi connectivity index (χ3n) is 5.97. The van der Waals surface area contributed by atoms with Crippen LogP contribution in [0.2, 0.25) is 0 Å². The van der Waals surface area contributed by atoms with Crippen LogP contribution in [0.25, 0.3) is 0 Å². The number of fused-ring (bicyclic) bond motifs is 2. The van der Waals surface area contributed by atoms with Crippen LogP contribution in [0.5, 0.6) is 0 Å². The lowest BCUT2D eigenvalue weighted by atomic mass is 10.1. The average molecular weight is 495 g/mol. The van der Waals surface area contributed by atoms with Crippen molar-refractivity contribution in [2.75, 3.05) is 18.0 Å². The second-order valence-electron chi connectivity index (χ2n) is 8.49. The van der Waals surface area contributed by atoms with Crippen molar-refractivity contribution < 1.29 is 22.4 Å². The molecule has 0 fully saturated rings. The van der Waals surface area contributed by atoms with Gasteiger partial charge in [0.1, 0.15) is 5.82 Å². The van der Waals surface area contributed by atoms with Crippen molar-refractivity contribution in [2.45, 2.75) is 43.0 Å². The van der Waals surface area contributed by atoms with Gasteiger partial charge in [-0.2, -0.15) is 0 Å². The van der Waals surface area contributed by atoms with Crippen LogP contribution in [0.4, 0.5) is 10.1 Å². The van der Waals surface area contributed by atoms with Gasteiger partial charge < -0.3 is 9.80 Å². The molecule has 6 nitrogen and oxygen atoms in total. The predicted octanol–water partition coefficient (Wildman–Crippen LogP) is 5.08. The molecule has 1 aliphatic rings. The Morgan fingerprint density at radius 3 is 2.23 bits per heavy atom. The van der Waals surface area contributed by atoms with Gasteiger partial charge >= 0.3 is 0 Å². The van der Waals surface area contributed by atoms with E-state index in [9.17, 15) is 22.4 Å². The van der Waals surface area contributed by atoms with E-state index >= 15 is 0 Å². The van der Waals surface area contributed by atoms with Crippen molar-refractivity contribution in [3.05, 3.63) is 89.2 Å². The van der Waals surface area contributed by atoms with Crippen molar-refractivity contribution >= 4 is 27.3 Å². The summed E-state index contributed by atoms with van der Waals surface area (Å²) in [5.41, 5.74) is 1.12. The van der Waals surface area contributed by atoms with Crippen molar-refractivity contribution in [2.24, 2.45) is 0 Å². The zero-order chi connectivity index (χ0) is 25.2. The second-order valence-corrected chi connectivity index (χ2v) is 10.4. The molecule has 0 spiro atoms. The van der Waals surface area contributed by atoms with E-state index in [1.807, 2.05) is 13.8 Å². The number of hydrogen-bond donors (Lipinski definition) is 0. The summed E-state index contributed by atoms with van der Waals surface area (Å²) in [6, 6.07) is 16.1. The number of rotatable bonds is 7. The third kappa shape index (κ3) is 4.71. The summed E-state index contributed by atoms with van der Waals surface area (Å²) >= 11 is 0. The predicted molar refractivity (Wildman–Crippen MR) is 132 cm³/mol. The minimum atomic E-state index is -4.03. The molecular weight excluding hydrogens is 467 g/mol. The van der Waals surface area contributed by atoms with Crippen LogP contribution in [0.1, 0.15) is 53.0 Å². The molecule has 0 unspecified atom stereocenters. The number of carbonyl (C=O) groups is 2. The van der Waals surface area contributed by atoms with Gasteiger partial charge in [0.05, 0.1) is 27.6 Å². The summed E-state index contributed by atoms with van der Waals surface area (Å²) < 4.78 is 40.7. The quantitative estimate of drug-likeness (QED) is 0.459. The fraction of sp³-hybridized carbons (Fsp3) is 0.259. The largest absolute Gasteiger partial charge is 0.339 e. The Balaban J connectivity index is 1.89. The number of anilines is 1. The molecule has 8 heteroatoms. The summed E-state index contributed by atoms with van der Waals surface area (Å²) in [5.74, 6) is -1.13. The lowest BCUT2D eigenvalue weighted by Crippen LogP contribution is -2.33. The van der Waals surface area contributed by atoms with Crippen LogP contribution < -0.4 is 4.90 Å². The molecule has 35 heavy (non-hydrogen) atoms. The molecule has 0 saturated carbocycles. The fourth-order valence-corrected chi connectivity index (χ4v) is 5.94. The first-order valence-electron chi connectivity index (χ1n) is 11.6. The van der Waals surface area contributed by atoms with E-state index < -0.39 is 21.6 Å². The Morgan fingerprint density at radius 1 is 0.914 bits per heavy atom.